The van der Waals surface area contributed by atoms with Gasteiger partial charge in [0.15, 0.2) is 0 Å². The minimum atomic E-state index is -0.618. The lowest BCUT2D eigenvalue weighted by atomic mass is 9.61. The number of β-amino-alcohol motifs (C(OH)–C–C–N with tert-alkyl or cyclic N) is 1. The van der Waals surface area contributed by atoms with E-state index in [1.807, 2.05) is 6.92 Å². The van der Waals surface area contributed by atoms with Crippen LogP contribution < -0.4 is 0 Å². The molecule has 0 unspecified atom stereocenters. The highest BCUT2D eigenvalue weighted by atomic mass is 16.3. The Morgan fingerprint density at radius 3 is 2.48 bits per heavy atom. The average molecular weight is 430 g/mol. The van der Waals surface area contributed by atoms with Gasteiger partial charge in [-0.15, -0.1) is 0 Å². The molecule has 0 bridgehead atoms. The van der Waals surface area contributed by atoms with Crippen molar-refractivity contribution in [3.8, 4) is 0 Å². The van der Waals surface area contributed by atoms with E-state index < -0.39 is 17.8 Å². The van der Waals surface area contributed by atoms with Crippen molar-refractivity contribution in [1.29, 1.82) is 0 Å². The van der Waals surface area contributed by atoms with Gasteiger partial charge in [-0.05, 0) is 87.0 Å². The number of hydrogen-bond donors (Lipinski definition) is 3. The van der Waals surface area contributed by atoms with Crippen LogP contribution in [0.5, 0.6) is 0 Å². The number of fused-ring (bicyclic) bond motifs is 1. The minimum absolute atomic E-state index is 0.365. The first-order valence-corrected chi connectivity index (χ1v) is 12.5. The summed E-state index contributed by atoms with van der Waals surface area (Å²) in [5.41, 5.74) is 3.12. The maximum atomic E-state index is 10.3. The Labute approximate surface area is 188 Å². The summed E-state index contributed by atoms with van der Waals surface area (Å²) in [5.74, 6) is 2.04. The molecule has 7 atom stereocenters. The first-order valence-electron chi connectivity index (χ1n) is 12.5. The van der Waals surface area contributed by atoms with E-state index in [4.69, 9.17) is 0 Å². The first kappa shape index (κ1) is 23.2. The summed E-state index contributed by atoms with van der Waals surface area (Å²) in [7, 11) is 0. The van der Waals surface area contributed by atoms with Gasteiger partial charge in [-0.25, -0.2) is 0 Å². The molecule has 3 aliphatic carbocycles. The molecule has 0 spiro atoms. The van der Waals surface area contributed by atoms with Gasteiger partial charge in [0.25, 0.3) is 0 Å². The molecule has 4 aliphatic rings. The Morgan fingerprint density at radius 1 is 1.13 bits per heavy atom. The van der Waals surface area contributed by atoms with Crippen LogP contribution in [0.15, 0.2) is 35.5 Å². The molecule has 174 valence electrons. The fourth-order valence-electron chi connectivity index (χ4n) is 7.37. The van der Waals surface area contributed by atoms with E-state index in [9.17, 15) is 15.3 Å². The number of aliphatic hydroxyl groups excluding tert-OH is 2. The second-order valence-electron chi connectivity index (χ2n) is 11.6. The molecule has 0 amide bonds. The third kappa shape index (κ3) is 4.73. The standard InChI is InChI=1S/C27H43NO3/c1-18(16-28-13-12-26(3,31)17-28)22-9-10-23-21(6-5-11-27(22,23)4)8-7-20-14-24(29)19(2)25(30)15-20/h7-8,18,22-25,29-31H,2,5-6,9-17H2,1,3-4H3/b21-8+/t18-,22-,23+,24-,25-,26-,27-/m1/s1. The van der Waals surface area contributed by atoms with Gasteiger partial charge in [0, 0.05) is 19.6 Å². The summed E-state index contributed by atoms with van der Waals surface area (Å²) < 4.78 is 0. The highest BCUT2D eigenvalue weighted by Crippen LogP contribution is 2.59. The molecule has 4 heteroatoms. The number of likely N-dealkylation sites (tertiary alicyclic amines) is 1. The van der Waals surface area contributed by atoms with Gasteiger partial charge in [-0.3, -0.25) is 0 Å². The van der Waals surface area contributed by atoms with Crippen molar-refractivity contribution < 1.29 is 15.3 Å². The van der Waals surface area contributed by atoms with Crippen molar-refractivity contribution in [3.63, 3.8) is 0 Å². The molecule has 4 rings (SSSR count). The van der Waals surface area contributed by atoms with Gasteiger partial charge in [-0.1, -0.05) is 43.7 Å². The zero-order chi connectivity index (χ0) is 22.4. The Hall–Kier alpha value is -0.940. The van der Waals surface area contributed by atoms with Crippen LogP contribution in [-0.4, -0.2) is 57.7 Å². The van der Waals surface area contributed by atoms with Gasteiger partial charge >= 0.3 is 0 Å². The second kappa shape index (κ2) is 8.78. The predicted octanol–water partition coefficient (Wildman–Crippen LogP) is 4.22. The highest BCUT2D eigenvalue weighted by Gasteiger charge is 2.51. The van der Waals surface area contributed by atoms with E-state index >= 15 is 0 Å². The highest BCUT2D eigenvalue weighted by molar-refractivity contribution is 5.29. The molecule has 3 saturated carbocycles. The van der Waals surface area contributed by atoms with Crippen LogP contribution in [0.1, 0.15) is 72.1 Å². The van der Waals surface area contributed by atoms with Crippen molar-refractivity contribution in [1.82, 2.24) is 4.90 Å². The van der Waals surface area contributed by atoms with E-state index in [1.54, 1.807) is 5.57 Å². The van der Waals surface area contributed by atoms with Crippen molar-refractivity contribution in [2.45, 2.75) is 89.9 Å². The SMILES string of the molecule is C=C1[C@H](O)CC(=C/C=C2\CCC[C@]3(C)[C@@H]([C@H](C)CN4CC[C@@](C)(O)C4)CC[C@@H]23)C[C@H]1O. The summed E-state index contributed by atoms with van der Waals surface area (Å²) in [4.78, 5) is 2.47. The number of nitrogens with zero attached hydrogens (tertiary/aromatic N) is 1. The van der Waals surface area contributed by atoms with E-state index in [2.05, 4.69) is 37.5 Å². The van der Waals surface area contributed by atoms with Crippen molar-refractivity contribution in [2.75, 3.05) is 19.6 Å². The van der Waals surface area contributed by atoms with Crippen LogP contribution in [0, 0.1) is 23.2 Å². The summed E-state index contributed by atoms with van der Waals surface area (Å²) in [6, 6.07) is 0. The summed E-state index contributed by atoms with van der Waals surface area (Å²) in [5, 5.41) is 30.6. The van der Waals surface area contributed by atoms with E-state index in [1.165, 1.54) is 32.1 Å². The van der Waals surface area contributed by atoms with E-state index in [0.29, 0.717) is 35.7 Å². The Morgan fingerprint density at radius 2 is 1.84 bits per heavy atom. The van der Waals surface area contributed by atoms with Crippen molar-refractivity contribution in [2.24, 2.45) is 23.2 Å². The molecule has 3 N–H and O–H groups in total. The third-order valence-electron chi connectivity index (χ3n) is 9.10. The molecule has 4 fully saturated rings. The largest absolute Gasteiger partial charge is 0.389 e. The lowest BCUT2D eigenvalue weighted by Crippen LogP contribution is -2.40. The molecule has 1 aliphatic heterocycles. The summed E-state index contributed by atoms with van der Waals surface area (Å²) in [6.45, 7) is 13.7. The fraction of sp³-hybridized carbons (Fsp3) is 0.778. The van der Waals surface area contributed by atoms with Crippen LogP contribution >= 0.6 is 0 Å². The Kier molecular flexibility index (Phi) is 6.58. The first-order chi connectivity index (χ1) is 14.6. The lowest BCUT2D eigenvalue weighted by Gasteiger charge is -2.45. The van der Waals surface area contributed by atoms with Crippen LogP contribution in [0.2, 0.25) is 0 Å². The quantitative estimate of drug-likeness (QED) is 0.586. The van der Waals surface area contributed by atoms with E-state index in [0.717, 1.165) is 37.5 Å². The molecule has 1 saturated heterocycles. The van der Waals surface area contributed by atoms with Crippen LogP contribution in [0.25, 0.3) is 0 Å². The van der Waals surface area contributed by atoms with Crippen LogP contribution in [0.4, 0.5) is 0 Å². The molecular formula is C27H43NO3. The van der Waals surface area contributed by atoms with Gasteiger partial charge < -0.3 is 20.2 Å². The second-order valence-corrected chi connectivity index (χ2v) is 11.6. The Balaban J connectivity index is 1.44. The number of allylic oxidation sites excluding steroid dienone is 3. The molecule has 4 nitrogen and oxygen atoms in total. The van der Waals surface area contributed by atoms with Crippen molar-refractivity contribution >= 4 is 0 Å². The topological polar surface area (TPSA) is 63.9 Å². The predicted molar refractivity (Wildman–Crippen MR) is 126 cm³/mol. The molecular weight excluding hydrogens is 386 g/mol. The maximum absolute atomic E-state index is 10.3. The smallest absolute Gasteiger partial charge is 0.0809 e. The number of hydrogen-bond acceptors (Lipinski definition) is 4. The maximum Gasteiger partial charge on any atom is 0.0809 e. The molecule has 1 heterocycles. The molecule has 0 aromatic carbocycles. The summed E-state index contributed by atoms with van der Waals surface area (Å²) in [6.07, 6.45) is 11.7. The number of rotatable bonds is 4. The molecule has 31 heavy (non-hydrogen) atoms. The van der Waals surface area contributed by atoms with Gasteiger partial charge in [0.05, 0.1) is 17.8 Å². The summed E-state index contributed by atoms with van der Waals surface area (Å²) >= 11 is 0. The van der Waals surface area contributed by atoms with Gasteiger partial charge in [-0.2, -0.15) is 0 Å². The Bertz CT molecular complexity index is 738. The van der Waals surface area contributed by atoms with Crippen LogP contribution in [-0.2, 0) is 0 Å². The number of aliphatic hydroxyl groups is 3. The zero-order valence-corrected chi connectivity index (χ0v) is 19.8. The normalized spacial score (nSPS) is 44.0. The van der Waals surface area contributed by atoms with Gasteiger partial charge in [0.2, 0.25) is 0 Å². The zero-order valence-electron chi connectivity index (χ0n) is 19.8. The molecule has 0 radical (unpaired) electrons. The minimum Gasteiger partial charge on any atom is -0.389 e. The molecule has 0 aromatic heterocycles. The van der Waals surface area contributed by atoms with E-state index in [-0.39, 0.29) is 0 Å². The monoisotopic (exact) mass is 429 g/mol. The van der Waals surface area contributed by atoms with Crippen molar-refractivity contribution in [3.05, 3.63) is 35.5 Å². The molecule has 0 aromatic rings. The fourth-order valence-corrected chi connectivity index (χ4v) is 7.37. The van der Waals surface area contributed by atoms with Gasteiger partial charge in [0.1, 0.15) is 0 Å². The third-order valence-corrected chi connectivity index (χ3v) is 9.10. The van der Waals surface area contributed by atoms with Crippen LogP contribution in [0.3, 0.4) is 0 Å². The average Bonchev–Trinajstić information content (AvgIpc) is 3.22. The lowest BCUT2D eigenvalue weighted by molar-refractivity contribution is 0.0549.